The molecule has 3 heterocycles. The van der Waals surface area contributed by atoms with E-state index in [1.54, 1.807) is 17.9 Å². The van der Waals surface area contributed by atoms with Crippen LogP contribution in [-0.2, 0) is 13.7 Å². The molecule has 9 nitrogen and oxygen atoms in total. The molecule has 28 heavy (non-hydrogen) atoms. The molecule has 1 N–H and O–H groups in total. The molecule has 0 fully saturated rings. The van der Waals surface area contributed by atoms with Gasteiger partial charge >= 0.3 is 0 Å². The van der Waals surface area contributed by atoms with Crippen molar-refractivity contribution in [2.75, 3.05) is 12.1 Å². The molecule has 1 aliphatic heterocycles. The molecule has 1 aliphatic rings. The molecule has 0 radical (unpaired) electrons. The monoisotopic (exact) mass is 379 g/mol. The van der Waals surface area contributed by atoms with Crippen LogP contribution in [0.3, 0.4) is 0 Å². The van der Waals surface area contributed by atoms with E-state index in [0.29, 0.717) is 5.88 Å². The molecule has 2 aromatic heterocycles. The SMILES string of the molecule is Cc1cccc(N2N=NN(C)C2O)c1COc1cccc(-c2cnn(C)c2)n1. The molecule has 0 saturated heterocycles. The number of aryl methyl sites for hydroxylation is 2. The lowest BCUT2D eigenvalue weighted by Crippen LogP contribution is -2.36. The van der Waals surface area contributed by atoms with Crippen LogP contribution in [-0.4, -0.2) is 38.3 Å². The van der Waals surface area contributed by atoms with E-state index >= 15 is 0 Å². The number of anilines is 1. The minimum Gasteiger partial charge on any atom is -0.473 e. The highest BCUT2D eigenvalue weighted by atomic mass is 16.5. The Balaban J connectivity index is 1.57. The zero-order valence-corrected chi connectivity index (χ0v) is 15.9. The van der Waals surface area contributed by atoms with Crippen molar-refractivity contribution >= 4 is 5.69 Å². The van der Waals surface area contributed by atoms with Gasteiger partial charge in [-0.05, 0) is 35.1 Å². The van der Waals surface area contributed by atoms with Crippen molar-refractivity contribution < 1.29 is 9.84 Å². The lowest BCUT2D eigenvalue weighted by Gasteiger charge is -2.23. The predicted octanol–water partition coefficient (Wildman–Crippen LogP) is 2.68. The number of aliphatic hydroxyl groups excluding tert-OH is 1. The van der Waals surface area contributed by atoms with E-state index < -0.39 is 6.35 Å². The molecular weight excluding hydrogens is 358 g/mol. The first-order valence-electron chi connectivity index (χ1n) is 8.82. The van der Waals surface area contributed by atoms with Crippen LogP contribution in [0.15, 0.2) is 59.2 Å². The second kappa shape index (κ2) is 7.28. The highest BCUT2D eigenvalue weighted by Crippen LogP contribution is 2.30. The second-order valence-electron chi connectivity index (χ2n) is 6.57. The molecule has 0 spiro atoms. The summed E-state index contributed by atoms with van der Waals surface area (Å²) in [4.78, 5) is 4.57. The van der Waals surface area contributed by atoms with Crippen LogP contribution in [0.4, 0.5) is 5.69 Å². The highest BCUT2D eigenvalue weighted by molar-refractivity contribution is 5.58. The maximum atomic E-state index is 10.3. The first-order valence-corrected chi connectivity index (χ1v) is 8.82. The van der Waals surface area contributed by atoms with Gasteiger partial charge in [0.15, 0.2) is 0 Å². The first kappa shape index (κ1) is 17.9. The van der Waals surface area contributed by atoms with Crippen LogP contribution >= 0.6 is 0 Å². The minimum atomic E-state index is -0.951. The Morgan fingerprint density at radius 2 is 1.93 bits per heavy atom. The van der Waals surface area contributed by atoms with E-state index in [1.807, 2.05) is 56.6 Å². The third-order valence-electron chi connectivity index (χ3n) is 4.55. The number of ether oxygens (including phenoxy) is 1. The lowest BCUT2D eigenvalue weighted by atomic mass is 10.1. The first-order chi connectivity index (χ1) is 13.5. The van der Waals surface area contributed by atoms with Crippen molar-refractivity contribution in [1.82, 2.24) is 19.8 Å². The fourth-order valence-corrected chi connectivity index (χ4v) is 2.97. The van der Waals surface area contributed by atoms with Gasteiger partial charge < -0.3 is 9.84 Å². The summed E-state index contributed by atoms with van der Waals surface area (Å²) in [7, 11) is 3.53. The van der Waals surface area contributed by atoms with Crippen molar-refractivity contribution in [3.63, 3.8) is 0 Å². The molecule has 1 unspecified atom stereocenters. The Morgan fingerprint density at radius 1 is 1.11 bits per heavy atom. The van der Waals surface area contributed by atoms with Crippen molar-refractivity contribution in [1.29, 1.82) is 0 Å². The summed E-state index contributed by atoms with van der Waals surface area (Å²) < 4.78 is 7.70. The number of benzene rings is 1. The van der Waals surface area contributed by atoms with Crippen LogP contribution in [0.2, 0.25) is 0 Å². The summed E-state index contributed by atoms with van der Waals surface area (Å²) in [5.74, 6) is 0.510. The minimum absolute atomic E-state index is 0.286. The predicted molar refractivity (Wildman–Crippen MR) is 103 cm³/mol. The average molecular weight is 379 g/mol. The normalized spacial score (nSPS) is 16.1. The summed E-state index contributed by atoms with van der Waals surface area (Å²) in [5.41, 5.74) is 4.39. The summed E-state index contributed by atoms with van der Waals surface area (Å²) >= 11 is 0. The largest absolute Gasteiger partial charge is 0.473 e. The van der Waals surface area contributed by atoms with Crippen LogP contribution in [0.25, 0.3) is 11.3 Å². The van der Waals surface area contributed by atoms with Crippen LogP contribution in [0.5, 0.6) is 5.88 Å². The fourth-order valence-electron chi connectivity index (χ4n) is 2.97. The van der Waals surface area contributed by atoms with E-state index in [9.17, 15) is 5.11 Å². The molecule has 144 valence electrons. The average Bonchev–Trinajstić information content (AvgIpc) is 3.27. The van der Waals surface area contributed by atoms with Gasteiger partial charge in [0.05, 0.1) is 17.6 Å². The van der Waals surface area contributed by atoms with Crippen molar-refractivity contribution in [3.05, 3.63) is 59.9 Å². The standard InChI is InChI=1S/C19H21N7O2/c1-13-6-4-8-17(26-19(27)25(3)22-23-26)15(13)12-28-18-9-5-7-16(21-18)14-10-20-24(2)11-14/h4-11,19,27H,12H2,1-3H3. The Morgan fingerprint density at radius 3 is 2.64 bits per heavy atom. The van der Waals surface area contributed by atoms with Crippen molar-refractivity contribution in [3.8, 4) is 17.1 Å². The number of aliphatic hydroxyl groups is 1. The molecule has 0 bridgehead atoms. The quantitative estimate of drug-likeness (QED) is 0.733. The summed E-state index contributed by atoms with van der Waals surface area (Å²) in [6.07, 6.45) is 2.72. The number of nitrogens with zero attached hydrogens (tertiary/aromatic N) is 7. The van der Waals surface area contributed by atoms with Crippen molar-refractivity contribution in [2.24, 2.45) is 17.5 Å². The molecule has 0 aliphatic carbocycles. The number of hydrogen-bond acceptors (Lipinski definition) is 8. The number of rotatable bonds is 5. The molecule has 9 heteroatoms. The van der Waals surface area contributed by atoms with Gasteiger partial charge in [-0.15, -0.1) is 0 Å². The Kier molecular flexibility index (Phi) is 4.66. The summed E-state index contributed by atoms with van der Waals surface area (Å²) in [5, 5.41) is 25.2. The molecule has 3 aromatic rings. The van der Waals surface area contributed by atoms with Gasteiger partial charge in [0, 0.05) is 37.5 Å². The topological polar surface area (TPSA) is 91.4 Å². The second-order valence-corrected chi connectivity index (χ2v) is 6.57. The van der Waals surface area contributed by atoms with Crippen LogP contribution < -0.4 is 9.75 Å². The van der Waals surface area contributed by atoms with Gasteiger partial charge in [0.1, 0.15) is 6.61 Å². The van der Waals surface area contributed by atoms with Crippen LogP contribution in [0.1, 0.15) is 11.1 Å². The lowest BCUT2D eigenvalue weighted by molar-refractivity contribution is 0.0456. The maximum absolute atomic E-state index is 10.3. The molecule has 0 amide bonds. The smallest absolute Gasteiger partial charge is 0.245 e. The Bertz CT molecular complexity index is 1020. The van der Waals surface area contributed by atoms with Gasteiger partial charge in [-0.3, -0.25) is 4.68 Å². The van der Waals surface area contributed by atoms with E-state index in [2.05, 4.69) is 20.5 Å². The van der Waals surface area contributed by atoms with E-state index in [1.165, 1.54) is 10.0 Å². The van der Waals surface area contributed by atoms with Crippen LogP contribution in [0, 0.1) is 6.92 Å². The van der Waals surface area contributed by atoms with Gasteiger partial charge in [0.25, 0.3) is 0 Å². The molecule has 1 aromatic carbocycles. The van der Waals surface area contributed by atoms with Gasteiger partial charge in [-0.1, -0.05) is 18.2 Å². The summed E-state index contributed by atoms with van der Waals surface area (Å²) in [6, 6.07) is 11.4. The van der Waals surface area contributed by atoms with E-state index in [-0.39, 0.29) is 6.61 Å². The Labute approximate surface area is 162 Å². The van der Waals surface area contributed by atoms with E-state index in [0.717, 1.165) is 28.1 Å². The van der Waals surface area contributed by atoms with Gasteiger partial charge in [-0.2, -0.15) is 10.1 Å². The summed E-state index contributed by atoms with van der Waals surface area (Å²) in [6.45, 7) is 2.28. The third kappa shape index (κ3) is 3.39. The van der Waals surface area contributed by atoms with Gasteiger partial charge in [0.2, 0.25) is 12.2 Å². The van der Waals surface area contributed by atoms with E-state index in [4.69, 9.17) is 4.74 Å². The zero-order valence-electron chi connectivity index (χ0n) is 15.9. The maximum Gasteiger partial charge on any atom is 0.245 e. The molecule has 4 rings (SSSR count). The van der Waals surface area contributed by atoms with Gasteiger partial charge in [-0.25, -0.2) is 9.99 Å². The third-order valence-corrected chi connectivity index (χ3v) is 4.55. The number of aromatic nitrogens is 3. The molecule has 1 atom stereocenters. The fraction of sp³-hybridized carbons (Fsp3) is 0.263. The molecule has 0 saturated carbocycles. The van der Waals surface area contributed by atoms with Crippen molar-refractivity contribution in [2.45, 2.75) is 19.9 Å². The number of pyridine rings is 1. The number of hydrogen-bond donors (Lipinski definition) is 1. The highest BCUT2D eigenvalue weighted by Gasteiger charge is 2.28. The zero-order chi connectivity index (χ0) is 19.7. The Hall–Kier alpha value is -3.46. The molecular formula is C19H21N7O2.